The Labute approximate surface area is 121 Å². The Morgan fingerprint density at radius 2 is 2.05 bits per heavy atom. The Morgan fingerprint density at radius 1 is 1.37 bits per heavy atom. The van der Waals surface area contributed by atoms with Gasteiger partial charge in [0.15, 0.2) is 0 Å². The van der Waals surface area contributed by atoms with Crippen molar-refractivity contribution in [3.63, 3.8) is 0 Å². The summed E-state index contributed by atoms with van der Waals surface area (Å²) in [5, 5.41) is 13.8. The van der Waals surface area contributed by atoms with E-state index in [0.29, 0.717) is 22.5 Å². The summed E-state index contributed by atoms with van der Waals surface area (Å²) in [5.74, 6) is 0.606. The number of thioether (sulfide) groups is 1. The van der Waals surface area contributed by atoms with Crippen LogP contribution < -0.4 is 5.32 Å². The van der Waals surface area contributed by atoms with E-state index in [2.05, 4.69) is 50.4 Å². The molecule has 0 radical (unpaired) electrons. The fraction of sp³-hybridized carbons (Fsp3) is 0.625. The molecule has 0 heterocycles. The molecule has 0 saturated carbocycles. The number of benzene rings is 1. The quantitative estimate of drug-likeness (QED) is 0.867. The highest BCUT2D eigenvalue weighted by molar-refractivity contribution is 8.00. The summed E-state index contributed by atoms with van der Waals surface area (Å²) in [6.07, 6.45) is 1.18. The molecule has 0 aliphatic heterocycles. The van der Waals surface area contributed by atoms with E-state index in [0.717, 1.165) is 6.54 Å². The van der Waals surface area contributed by atoms with Gasteiger partial charge in [-0.2, -0.15) is 11.8 Å². The van der Waals surface area contributed by atoms with E-state index in [1.807, 2.05) is 11.8 Å². The van der Waals surface area contributed by atoms with Crippen LogP contribution in [0.1, 0.15) is 50.3 Å². The summed E-state index contributed by atoms with van der Waals surface area (Å²) in [7, 11) is 0. The van der Waals surface area contributed by atoms with Gasteiger partial charge in [0.1, 0.15) is 0 Å². The van der Waals surface area contributed by atoms with Crippen LogP contribution in [0.5, 0.6) is 0 Å². The molecule has 3 heteroatoms. The van der Waals surface area contributed by atoms with Crippen molar-refractivity contribution in [3.05, 3.63) is 35.4 Å². The van der Waals surface area contributed by atoms with Gasteiger partial charge in [-0.1, -0.05) is 45.0 Å². The molecule has 4 atom stereocenters. The molecule has 106 valence electrons. The van der Waals surface area contributed by atoms with Gasteiger partial charge < -0.3 is 10.4 Å². The zero-order chi connectivity index (χ0) is 13.8. The SMILES string of the molecule is CCNC1c2ccccc2C(C)CC1SC(C)CO. The largest absolute Gasteiger partial charge is 0.395 e. The Hall–Kier alpha value is -0.510. The summed E-state index contributed by atoms with van der Waals surface area (Å²) in [5.41, 5.74) is 2.94. The average molecular weight is 279 g/mol. The van der Waals surface area contributed by atoms with Crippen molar-refractivity contribution in [3.8, 4) is 0 Å². The van der Waals surface area contributed by atoms with Crippen LogP contribution in [-0.2, 0) is 0 Å². The minimum absolute atomic E-state index is 0.260. The van der Waals surface area contributed by atoms with E-state index in [1.54, 1.807) is 0 Å². The van der Waals surface area contributed by atoms with E-state index < -0.39 is 0 Å². The van der Waals surface area contributed by atoms with Crippen LogP contribution in [0.2, 0.25) is 0 Å². The van der Waals surface area contributed by atoms with Crippen molar-refractivity contribution < 1.29 is 5.11 Å². The maximum absolute atomic E-state index is 9.30. The molecule has 0 fully saturated rings. The summed E-state index contributed by atoms with van der Waals surface area (Å²) < 4.78 is 0. The Bertz CT molecular complexity index is 409. The maximum Gasteiger partial charge on any atom is 0.0547 e. The Balaban J connectivity index is 2.26. The smallest absolute Gasteiger partial charge is 0.0547 e. The molecule has 1 aromatic rings. The van der Waals surface area contributed by atoms with Gasteiger partial charge in [0, 0.05) is 16.5 Å². The summed E-state index contributed by atoms with van der Waals surface area (Å²) in [4.78, 5) is 0. The third-order valence-corrected chi connectivity index (χ3v) is 5.34. The summed E-state index contributed by atoms with van der Waals surface area (Å²) in [6, 6.07) is 9.22. The molecular formula is C16H25NOS. The van der Waals surface area contributed by atoms with Crippen molar-refractivity contribution in [2.75, 3.05) is 13.2 Å². The molecule has 0 aromatic heterocycles. The number of fused-ring (bicyclic) bond motifs is 1. The fourth-order valence-corrected chi connectivity index (χ4v) is 4.47. The normalized spacial score (nSPS) is 27.9. The number of aliphatic hydroxyl groups excluding tert-OH is 1. The van der Waals surface area contributed by atoms with Crippen LogP contribution in [0.3, 0.4) is 0 Å². The monoisotopic (exact) mass is 279 g/mol. The molecule has 1 aliphatic carbocycles. The Kier molecular flexibility index (Phi) is 5.31. The number of aliphatic hydroxyl groups is 1. The van der Waals surface area contributed by atoms with Crippen LogP contribution >= 0.6 is 11.8 Å². The highest BCUT2D eigenvalue weighted by Crippen LogP contribution is 2.43. The molecule has 0 spiro atoms. The first-order chi connectivity index (χ1) is 9.17. The standard InChI is InChI=1S/C16H25NOS/c1-4-17-16-14-8-6-5-7-13(14)11(2)9-15(16)19-12(3)10-18/h5-8,11-12,15-18H,4,9-10H2,1-3H3. The van der Waals surface area contributed by atoms with E-state index >= 15 is 0 Å². The van der Waals surface area contributed by atoms with E-state index in [9.17, 15) is 5.11 Å². The second-order valence-corrected chi connectivity index (χ2v) is 7.15. The highest BCUT2D eigenvalue weighted by Gasteiger charge is 2.33. The molecular weight excluding hydrogens is 254 g/mol. The first-order valence-electron chi connectivity index (χ1n) is 7.25. The second kappa shape index (κ2) is 6.78. The van der Waals surface area contributed by atoms with Crippen LogP contribution in [0, 0.1) is 0 Å². The molecule has 2 N–H and O–H groups in total. The van der Waals surface area contributed by atoms with Crippen LogP contribution in [0.25, 0.3) is 0 Å². The van der Waals surface area contributed by atoms with Crippen LogP contribution in [0.4, 0.5) is 0 Å². The lowest BCUT2D eigenvalue weighted by molar-refractivity contribution is 0.299. The minimum Gasteiger partial charge on any atom is -0.395 e. The van der Waals surface area contributed by atoms with Crippen molar-refractivity contribution >= 4 is 11.8 Å². The van der Waals surface area contributed by atoms with Gasteiger partial charge in [-0.15, -0.1) is 0 Å². The maximum atomic E-state index is 9.30. The van der Waals surface area contributed by atoms with Crippen LogP contribution in [-0.4, -0.2) is 28.8 Å². The molecule has 0 amide bonds. The molecule has 2 rings (SSSR count). The molecule has 1 aromatic carbocycles. The van der Waals surface area contributed by atoms with E-state index in [-0.39, 0.29) is 6.61 Å². The molecule has 0 saturated heterocycles. The molecule has 19 heavy (non-hydrogen) atoms. The molecule has 4 unspecified atom stereocenters. The van der Waals surface area contributed by atoms with E-state index in [4.69, 9.17) is 0 Å². The minimum atomic E-state index is 0.260. The van der Waals surface area contributed by atoms with Gasteiger partial charge in [-0.25, -0.2) is 0 Å². The predicted molar refractivity (Wildman–Crippen MR) is 83.8 cm³/mol. The van der Waals surface area contributed by atoms with Gasteiger partial charge in [0.25, 0.3) is 0 Å². The second-order valence-electron chi connectivity index (χ2n) is 5.47. The first kappa shape index (κ1) is 14.9. The van der Waals surface area contributed by atoms with Crippen molar-refractivity contribution in [2.24, 2.45) is 0 Å². The number of nitrogens with one attached hydrogen (secondary N) is 1. The van der Waals surface area contributed by atoms with Gasteiger partial charge >= 0.3 is 0 Å². The third-order valence-electron chi connectivity index (χ3n) is 3.91. The lowest BCUT2D eigenvalue weighted by atomic mass is 9.80. The lowest BCUT2D eigenvalue weighted by Crippen LogP contribution is -2.36. The van der Waals surface area contributed by atoms with Crippen molar-refractivity contribution in [1.29, 1.82) is 0 Å². The zero-order valence-corrected chi connectivity index (χ0v) is 12.9. The molecule has 1 aliphatic rings. The first-order valence-corrected chi connectivity index (χ1v) is 8.20. The van der Waals surface area contributed by atoms with Gasteiger partial charge in [-0.05, 0) is 30.0 Å². The van der Waals surface area contributed by atoms with Gasteiger partial charge in [-0.3, -0.25) is 0 Å². The number of hydrogen-bond donors (Lipinski definition) is 2. The third kappa shape index (κ3) is 3.33. The molecule has 0 bridgehead atoms. The lowest BCUT2D eigenvalue weighted by Gasteiger charge is -2.38. The summed E-state index contributed by atoms with van der Waals surface area (Å²) in [6.45, 7) is 7.84. The zero-order valence-electron chi connectivity index (χ0n) is 12.1. The van der Waals surface area contributed by atoms with Crippen molar-refractivity contribution in [1.82, 2.24) is 5.32 Å². The predicted octanol–water partition coefficient (Wildman–Crippen LogP) is 3.33. The number of hydrogen-bond acceptors (Lipinski definition) is 3. The van der Waals surface area contributed by atoms with E-state index in [1.165, 1.54) is 17.5 Å². The average Bonchev–Trinajstić information content (AvgIpc) is 2.43. The van der Waals surface area contributed by atoms with Crippen LogP contribution in [0.15, 0.2) is 24.3 Å². The number of rotatable bonds is 5. The topological polar surface area (TPSA) is 32.3 Å². The highest BCUT2D eigenvalue weighted by atomic mass is 32.2. The fourth-order valence-electron chi connectivity index (χ4n) is 2.99. The van der Waals surface area contributed by atoms with Crippen molar-refractivity contribution in [2.45, 2.75) is 49.7 Å². The Morgan fingerprint density at radius 3 is 2.68 bits per heavy atom. The van der Waals surface area contributed by atoms with Gasteiger partial charge in [0.05, 0.1) is 6.61 Å². The summed E-state index contributed by atoms with van der Waals surface area (Å²) >= 11 is 1.92. The molecule has 2 nitrogen and oxygen atoms in total. The van der Waals surface area contributed by atoms with Gasteiger partial charge in [0.2, 0.25) is 0 Å².